The van der Waals surface area contributed by atoms with Gasteiger partial charge in [0, 0.05) is 35.4 Å². The molecule has 0 spiro atoms. The Morgan fingerprint density at radius 3 is 1.88 bits per heavy atom. The molecule has 1 heterocycles. The highest BCUT2D eigenvalue weighted by molar-refractivity contribution is 14.1. The van der Waals surface area contributed by atoms with Gasteiger partial charge in [0.05, 0.1) is 24.5 Å². The number of aryl methyl sites for hydroxylation is 1. The second kappa shape index (κ2) is 16.9. The summed E-state index contributed by atoms with van der Waals surface area (Å²) in [6.07, 6.45) is 17.2. The van der Waals surface area contributed by atoms with Gasteiger partial charge in [-0.3, -0.25) is 0 Å². The molecule has 2 rings (SSSR count). The zero-order chi connectivity index (χ0) is 23.7. The molecule has 32 heavy (non-hydrogen) atoms. The van der Waals surface area contributed by atoms with Crippen LogP contribution in [0.2, 0.25) is 0 Å². The highest BCUT2D eigenvalue weighted by atomic mass is 127. The van der Waals surface area contributed by atoms with E-state index in [1.165, 1.54) is 113 Å². The van der Waals surface area contributed by atoms with Crippen LogP contribution in [0.15, 0.2) is 29.2 Å². The molecule has 0 atom stereocenters. The van der Waals surface area contributed by atoms with Crippen molar-refractivity contribution in [3.8, 4) is 9.85 Å². The average Bonchev–Trinajstić information content (AvgIpc) is 3.23. The predicted octanol–water partition coefficient (Wildman–Crippen LogP) is 6.81. The van der Waals surface area contributed by atoms with Gasteiger partial charge in [-0.1, -0.05) is 76.0 Å². The van der Waals surface area contributed by atoms with E-state index in [0.29, 0.717) is 0 Å². The van der Waals surface area contributed by atoms with Crippen molar-refractivity contribution in [1.82, 2.24) is 0 Å². The highest BCUT2D eigenvalue weighted by Gasteiger charge is 2.30. The van der Waals surface area contributed by atoms with Crippen molar-refractivity contribution in [2.45, 2.75) is 95.8 Å². The van der Waals surface area contributed by atoms with Gasteiger partial charge in [-0.2, -0.15) is 0 Å². The minimum absolute atomic E-state index is 0.178. The van der Waals surface area contributed by atoms with Crippen molar-refractivity contribution < 1.29 is 17.5 Å². The number of hydrogen-bond donors (Lipinski definition) is 0. The Bertz CT molecular complexity index is 776. The molecule has 0 radical (unpaired) electrons. The maximum atomic E-state index is 10.4. The lowest BCUT2D eigenvalue weighted by Gasteiger charge is -2.32. The fraction of sp³-hybridized carbons (Fsp3) is 0.692. The van der Waals surface area contributed by atoms with Crippen molar-refractivity contribution in [1.29, 1.82) is 0 Å². The molecular weight excluding hydrogens is 533 g/mol. The Kier molecular flexibility index (Phi) is 15.5. The van der Waals surface area contributed by atoms with Crippen LogP contribution in [0, 0.1) is 16.8 Å². The smallest absolute Gasteiger partial charge is 0.141 e. The SMILES string of the molecule is CCCCCCCCCCCC[N+]1(CC#CI)CCCC1.Cc1ccc(S(=O)(=O)[O-])cc1. The van der Waals surface area contributed by atoms with E-state index in [9.17, 15) is 13.0 Å². The third-order valence-electron chi connectivity index (χ3n) is 6.29. The van der Waals surface area contributed by atoms with Crippen LogP contribution in [0.4, 0.5) is 0 Å². The number of benzene rings is 1. The Labute approximate surface area is 211 Å². The third-order valence-corrected chi connectivity index (χ3v) is 7.52. The first-order chi connectivity index (χ1) is 15.3. The summed E-state index contributed by atoms with van der Waals surface area (Å²) in [5.74, 6) is 3.33. The summed E-state index contributed by atoms with van der Waals surface area (Å²) in [6, 6.07) is 5.78. The van der Waals surface area contributed by atoms with Crippen molar-refractivity contribution >= 4 is 32.7 Å². The number of unbranched alkanes of at least 4 members (excludes halogenated alkanes) is 9. The molecule has 0 saturated carbocycles. The minimum atomic E-state index is -4.27. The topological polar surface area (TPSA) is 57.2 Å². The Balaban J connectivity index is 0.000000389. The van der Waals surface area contributed by atoms with Gasteiger partial charge in [-0.05, 0) is 41.7 Å². The van der Waals surface area contributed by atoms with Gasteiger partial charge in [0.2, 0.25) is 0 Å². The molecule has 0 aliphatic carbocycles. The summed E-state index contributed by atoms with van der Waals surface area (Å²) >= 11 is 2.18. The lowest BCUT2D eigenvalue weighted by Crippen LogP contribution is -2.46. The predicted molar refractivity (Wildman–Crippen MR) is 142 cm³/mol. The zero-order valence-electron chi connectivity index (χ0n) is 20.1. The average molecular weight is 576 g/mol. The monoisotopic (exact) mass is 575 g/mol. The van der Waals surface area contributed by atoms with Crippen LogP contribution >= 0.6 is 22.6 Å². The first-order valence-corrected chi connectivity index (χ1v) is 14.8. The largest absolute Gasteiger partial charge is 0.744 e. The molecule has 1 aliphatic heterocycles. The van der Waals surface area contributed by atoms with Crippen molar-refractivity contribution in [2.75, 3.05) is 26.2 Å². The van der Waals surface area contributed by atoms with E-state index in [4.69, 9.17) is 0 Å². The first kappa shape index (κ1) is 29.4. The van der Waals surface area contributed by atoms with Gasteiger partial charge < -0.3 is 9.04 Å². The van der Waals surface area contributed by atoms with Gasteiger partial charge in [0.25, 0.3) is 0 Å². The molecule has 1 saturated heterocycles. The van der Waals surface area contributed by atoms with Gasteiger partial charge in [-0.25, -0.2) is 8.42 Å². The van der Waals surface area contributed by atoms with Crippen LogP contribution in [-0.2, 0) is 10.1 Å². The molecule has 1 aliphatic rings. The van der Waals surface area contributed by atoms with Crippen LogP contribution in [0.25, 0.3) is 0 Å². The summed E-state index contributed by atoms with van der Waals surface area (Å²) < 4.78 is 35.5. The van der Waals surface area contributed by atoms with E-state index in [0.717, 1.165) is 12.1 Å². The summed E-state index contributed by atoms with van der Waals surface area (Å²) in [5.41, 5.74) is 0.928. The molecule has 0 amide bonds. The molecule has 1 fully saturated rings. The number of halogens is 1. The highest BCUT2D eigenvalue weighted by Crippen LogP contribution is 2.21. The summed E-state index contributed by atoms with van der Waals surface area (Å²) in [5, 5.41) is 0. The standard InChI is InChI=1S/C19H35IN.C7H8O3S/c1-2-3-4-5-6-7-8-9-10-11-16-21(19-14-15-20)17-12-13-18-21;1-6-2-4-7(5-3-6)11(8,9)10/h2-13,16-19H2,1H3;2-5H,1H3,(H,8,9,10)/q+1;/p-1. The maximum Gasteiger partial charge on any atom is 0.141 e. The molecule has 182 valence electrons. The van der Waals surface area contributed by atoms with Crippen molar-refractivity contribution in [3.05, 3.63) is 29.8 Å². The number of nitrogens with zero attached hydrogens (tertiary/aromatic N) is 1. The van der Waals surface area contributed by atoms with Crippen LogP contribution in [0.3, 0.4) is 0 Å². The van der Waals surface area contributed by atoms with Crippen LogP contribution in [0.5, 0.6) is 0 Å². The van der Waals surface area contributed by atoms with Crippen LogP contribution in [-0.4, -0.2) is 43.6 Å². The van der Waals surface area contributed by atoms with Crippen molar-refractivity contribution in [3.63, 3.8) is 0 Å². The number of hydrogen-bond acceptors (Lipinski definition) is 3. The molecule has 1 aromatic carbocycles. The second-order valence-corrected chi connectivity index (χ2v) is 11.0. The summed E-state index contributed by atoms with van der Waals surface area (Å²) in [4.78, 5) is -0.178. The molecule has 6 heteroatoms. The second-order valence-electron chi connectivity index (χ2n) is 9.10. The van der Waals surface area contributed by atoms with E-state index in [1.54, 1.807) is 12.1 Å². The lowest BCUT2D eigenvalue weighted by molar-refractivity contribution is -0.910. The van der Waals surface area contributed by atoms with Gasteiger partial charge in [0.15, 0.2) is 0 Å². The minimum Gasteiger partial charge on any atom is -0.744 e. The normalized spacial score (nSPS) is 14.9. The molecule has 0 aromatic heterocycles. The van der Waals surface area contributed by atoms with E-state index in [-0.39, 0.29) is 4.90 Å². The van der Waals surface area contributed by atoms with Crippen LogP contribution < -0.4 is 0 Å². The summed E-state index contributed by atoms with van der Waals surface area (Å²) in [6.45, 7) is 9.34. The zero-order valence-corrected chi connectivity index (χ0v) is 23.1. The molecule has 1 aromatic rings. The molecule has 0 N–H and O–H groups in total. The lowest BCUT2D eigenvalue weighted by atomic mass is 10.1. The number of likely N-dealkylation sites (tertiary alicyclic amines) is 1. The third kappa shape index (κ3) is 13.2. The van der Waals surface area contributed by atoms with Gasteiger partial charge >= 0.3 is 0 Å². The van der Waals surface area contributed by atoms with Crippen LogP contribution in [0.1, 0.15) is 89.5 Å². The Morgan fingerprint density at radius 1 is 0.906 bits per heavy atom. The van der Waals surface area contributed by atoms with E-state index >= 15 is 0 Å². The Morgan fingerprint density at radius 2 is 1.41 bits per heavy atom. The first-order valence-electron chi connectivity index (χ1n) is 12.3. The fourth-order valence-corrected chi connectivity index (χ4v) is 4.94. The van der Waals surface area contributed by atoms with E-state index < -0.39 is 10.1 Å². The molecule has 0 unspecified atom stereocenters. The quantitative estimate of drug-likeness (QED) is 0.0854. The van der Waals surface area contributed by atoms with Gasteiger partial charge in [0.1, 0.15) is 16.7 Å². The van der Waals surface area contributed by atoms with Gasteiger partial charge in [-0.15, -0.1) is 0 Å². The van der Waals surface area contributed by atoms with E-state index in [2.05, 4.69) is 39.4 Å². The number of rotatable bonds is 13. The van der Waals surface area contributed by atoms with Crippen molar-refractivity contribution in [2.24, 2.45) is 0 Å². The fourth-order valence-electron chi connectivity index (χ4n) is 4.30. The van der Waals surface area contributed by atoms with E-state index in [1.807, 2.05) is 6.92 Å². The number of quaternary nitrogens is 1. The summed E-state index contributed by atoms with van der Waals surface area (Å²) in [7, 11) is -4.27. The Hall–Kier alpha value is -0.620. The molecule has 0 bridgehead atoms. The maximum absolute atomic E-state index is 10.4. The molecule has 4 nitrogen and oxygen atoms in total. The molecular formula is C26H42INO3S.